The molecular weight excluding hydrogens is 392 g/mol. The van der Waals surface area contributed by atoms with Gasteiger partial charge < -0.3 is 9.74 Å². The predicted molar refractivity (Wildman–Crippen MR) is 120 cm³/mol. The number of hydrogen-bond acceptors (Lipinski definition) is 4. The Balaban J connectivity index is 2.17. The number of rotatable bonds is 7. The van der Waals surface area contributed by atoms with Crippen molar-refractivity contribution in [2.24, 2.45) is 0 Å². The van der Waals surface area contributed by atoms with Gasteiger partial charge in [0.2, 0.25) is 5.91 Å². The summed E-state index contributed by atoms with van der Waals surface area (Å²) in [5.41, 5.74) is 4.91. The minimum atomic E-state index is -0.592. The molecule has 162 valence electrons. The zero-order valence-electron chi connectivity index (χ0n) is 18.2. The van der Waals surface area contributed by atoms with Crippen LogP contribution in [0.1, 0.15) is 61.5 Å². The number of para-hydroxylation sites is 1. The topological polar surface area (TPSA) is 75.7 Å². The van der Waals surface area contributed by atoms with Crippen LogP contribution in [0.5, 0.6) is 0 Å². The lowest BCUT2D eigenvalue weighted by atomic mass is 10.0. The van der Waals surface area contributed by atoms with E-state index in [-0.39, 0.29) is 12.5 Å². The third-order valence-electron chi connectivity index (χ3n) is 4.60. The Hall–Kier alpha value is -3.59. The van der Waals surface area contributed by atoms with Gasteiger partial charge in [-0.2, -0.15) is 5.48 Å². The van der Waals surface area contributed by atoms with Crippen LogP contribution in [0, 0.1) is 11.8 Å². The highest BCUT2D eigenvalue weighted by Crippen LogP contribution is 2.16. The van der Waals surface area contributed by atoms with Crippen molar-refractivity contribution in [1.29, 1.82) is 0 Å². The molecule has 0 saturated carbocycles. The minimum absolute atomic E-state index is 0.0501. The van der Waals surface area contributed by atoms with Crippen LogP contribution in [0.3, 0.4) is 0 Å². The largest absolute Gasteiger partial charge is 0.341 e. The molecule has 0 aliphatic carbocycles. The van der Waals surface area contributed by atoms with Crippen molar-refractivity contribution in [2.45, 2.75) is 46.5 Å². The van der Waals surface area contributed by atoms with Crippen LogP contribution in [0.25, 0.3) is 0 Å². The summed E-state index contributed by atoms with van der Waals surface area (Å²) in [6, 6.07) is 14.7. The van der Waals surface area contributed by atoms with Gasteiger partial charge in [-0.05, 0) is 48.7 Å². The lowest BCUT2D eigenvalue weighted by Gasteiger charge is -2.20. The van der Waals surface area contributed by atoms with Gasteiger partial charge in [-0.25, -0.2) is 0 Å². The maximum atomic E-state index is 12.7. The second-order valence-corrected chi connectivity index (χ2v) is 6.97. The molecule has 31 heavy (non-hydrogen) atoms. The number of carbonyl (C=O) groups is 3. The van der Waals surface area contributed by atoms with E-state index in [9.17, 15) is 14.4 Å². The van der Waals surface area contributed by atoms with Gasteiger partial charge >= 0.3 is 5.97 Å². The minimum Gasteiger partial charge on any atom is -0.341 e. The summed E-state index contributed by atoms with van der Waals surface area (Å²) in [5, 5.41) is 0. The zero-order valence-corrected chi connectivity index (χ0v) is 18.2. The summed E-state index contributed by atoms with van der Waals surface area (Å²) in [6.07, 6.45) is 2.90. The monoisotopic (exact) mass is 420 g/mol. The Bertz CT molecular complexity index is 974. The number of unbranched alkanes of at least 4 members (excludes halogenated alkanes) is 1. The Labute approximate surface area is 183 Å². The molecule has 0 unspecified atom stereocenters. The smallest absolute Gasteiger partial charge is 0.329 e. The lowest BCUT2D eigenvalue weighted by molar-refractivity contribution is -0.146. The van der Waals surface area contributed by atoms with Gasteiger partial charge in [0.25, 0.3) is 5.91 Å². The van der Waals surface area contributed by atoms with Crippen LogP contribution >= 0.6 is 0 Å². The number of anilines is 1. The molecule has 0 spiro atoms. The highest BCUT2D eigenvalue weighted by Gasteiger charge is 2.14. The number of benzene rings is 2. The van der Waals surface area contributed by atoms with E-state index >= 15 is 0 Å². The number of aryl methyl sites for hydroxylation is 1. The summed E-state index contributed by atoms with van der Waals surface area (Å²) in [4.78, 5) is 42.0. The van der Waals surface area contributed by atoms with Gasteiger partial charge in [-0.3, -0.25) is 14.4 Å². The number of hydrogen-bond donors (Lipinski definition) is 1. The molecule has 6 heteroatoms. The fourth-order valence-electron chi connectivity index (χ4n) is 2.97. The molecule has 2 aromatic rings. The maximum absolute atomic E-state index is 12.7. The summed E-state index contributed by atoms with van der Waals surface area (Å²) < 4.78 is 0. The number of nitrogens with one attached hydrogen (secondary N) is 1. The molecule has 2 rings (SSSR count). The molecule has 2 amide bonds. The van der Waals surface area contributed by atoms with E-state index in [2.05, 4.69) is 29.1 Å². The van der Waals surface area contributed by atoms with Gasteiger partial charge in [0, 0.05) is 30.2 Å². The van der Waals surface area contributed by atoms with Gasteiger partial charge in [-0.15, -0.1) is 0 Å². The van der Waals surface area contributed by atoms with E-state index in [0.29, 0.717) is 18.4 Å². The number of amides is 2. The molecule has 0 heterocycles. The van der Waals surface area contributed by atoms with Gasteiger partial charge in [-0.1, -0.05) is 50.3 Å². The summed E-state index contributed by atoms with van der Waals surface area (Å²) in [7, 11) is 0. The second kappa shape index (κ2) is 12.2. The Kier molecular flexibility index (Phi) is 9.31. The molecule has 0 bridgehead atoms. The summed E-state index contributed by atoms with van der Waals surface area (Å²) in [6.45, 7) is 5.48. The van der Waals surface area contributed by atoms with Crippen LogP contribution in [0.4, 0.5) is 5.69 Å². The van der Waals surface area contributed by atoms with Crippen molar-refractivity contribution >= 4 is 23.5 Å². The maximum Gasteiger partial charge on any atom is 0.329 e. The first-order chi connectivity index (χ1) is 15.0. The van der Waals surface area contributed by atoms with Gasteiger partial charge in [0.05, 0.1) is 6.54 Å². The Morgan fingerprint density at radius 2 is 1.81 bits per heavy atom. The van der Waals surface area contributed by atoms with Crippen molar-refractivity contribution in [2.75, 3.05) is 11.4 Å². The predicted octanol–water partition coefficient (Wildman–Crippen LogP) is 4.03. The molecular formula is C25H28N2O4. The molecule has 0 aliphatic heterocycles. The standard InChI is InChI=1S/C25H28N2O4/c1-4-6-14-24(29)27(22-12-8-7-9-13-22)17-10-11-20-15-16-23(21(5-2)18-20)25(30)26-31-19(3)28/h7-9,12-13,15-16,18H,4-6,14,17H2,1-3H3,(H,26,30). The van der Waals surface area contributed by atoms with E-state index in [4.69, 9.17) is 0 Å². The van der Waals surface area contributed by atoms with Crippen LogP contribution in [-0.2, 0) is 20.8 Å². The fourth-order valence-corrected chi connectivity index (χ4v) is 2.97. The Morgan fingerprint density at radius 1 is 1.06 bits per heavy atom. The first-order valence-electron chi connectivity index (χ1n) is 10.4. The molecule has 0 aromatic heterocycles. The highest BCUT2D eigenvalue weighted by atomic mass is 16.7. The number of nitrogens with zero attached hydrogens (tertiary/aromatic N) is 1. The van der Waals surface area contributed by atoms with E-state index in [1.165, 1.54) is 6.92 Å². The van der Waals surface area contributed by atoms with Gasteiger partial charge in [0.1, 0.15) is 0 Å². The second-order valence-electron chi connectivity index (χ2n) is 6.97. The van der Waals surface area contributed by atoms with Crippen LogP contribution in [0.15, 0.2) is 48.5 Å². The molecule has 0 radical (unpaired) electrons. The fraction of sp³-hybridized carbons (Fsp3) is 0.320. The van der Waals surface area contributed by atoms with Crippen molar-refractivity contribution < 1.29 is 19.2 Å². The first-order valence-corrected chi connectivity index (χ1v) is 10.4. The van der Waals surface area contributed by atoms with Crippen LogP contribution in [-0.4, -0.2) is 24.3 Å². The molecule has 2 aromatic carbocycles. The van der Waals surface area contributed by atoms with Crippen molar-refractivity contribution in [3.05, 3.63) is 65.2 Å². The highest BCUT2D eigenvalue weighted by molar-refractivity contribution is 5.96. The molecule has 6 nitrogen and oxygen atoms in total. The first kappa shape index (κ1) is 23.7. The van der Waals surface area contributed by atoms with E-state index < -0.39 is 11.9 Å². The average Bonchev–Trinajstić information content (AvgIpc) is 2.79. The van der Waals surface area contributed by atoms with Crippen molar-refractivity contribution in [3.8, 4) is 11.8 Å². The zero-order chi connectivity index (χ0) is 22.6. The van der Waals surface area contributed by atoms with E-state index in [1.807, 2.05) is 43.3 Å². The lowest BCUT2D eigenvalue weighted by Crippen LogP contribution is -2.31. The van der Waals surface area contributed by atoms with Crippen LogP contribution < -0.4 is 10.4 Å². The third kappa shape index (κ3) is 7.31. The molecule has 0 atom stereocenters. The quantitative estimate of drug-likeness (QED) is 0.542. The van der Waals surface area contributed by atoms with Crippen molar-refractivity contribution in [1.82, 2.24) is 5.48 Å². The molecule has 1 N–H and O–H groups in total. The number of hydroxylamine groups is 1. The SMILES string of the molecule is CCCCC(=O)N(CC#Cc1ccc(C(=O)NOC(C)=O)c(CC)c1)c1ccccc1. The normalized spacial score (nSPS) is 9.90. The summed E-state index contributed by atoms with van der Waals surface area (Å²) in [5.74, 6) is 5.14. The van der Waals surface area contributed by atoms with E-state index in [0.717, 1.165) is 29.7 Å². The Morgan fingerprint density at radius 3 is 2.45 bits per heavy atom. The molecule has 0 fully saturated rings. The molecule has 0 aliphatic rings. The summed E-state index contributed by atoms with van der Waals surface area (Å²) >= 11 is 0. The van der Waals surface area contributed by atoms with E-state index in [1.54, 1.807) is 17.0 Å². The van der Waals surface area contributed by atoms with Crippen LogP contribution in [0.2, 0.25) is 0 Å². The third-order valence-corrected chi connectivity index (χ3v) is 4.60. The number of carbonyl (C=O) groups excluding carboxylic acids is 3. The molecule has 0 saturated heterocycles. The van der Waals surface area contributed by atoms with Gasteiger partial charge in [0.15, 0.2) is 0 Å². The van der Waals surface area contributed by atoms with Crippen molar-refractivity contribution in [3.63, 3.8) is 0 Å². The average molecular weight is 421 g/mol.